The van der Waals surface area contributed by atoms with Crippen LogP contribution in [0.3, 0.4) is 0 Å². The van der Waals surface area contributed by atoms with Crippen molar-refractivity contribution >= 4 is 10.0 Å². The maximum Gasteiger partial charge on any atom is 0.241 e. The normalized spacial score (nSPS) is 12.5. The number of benzene rings is 2. The number of imidazole rings is 1. The maximum atomic E-state index is 12.5. The fourth-order valence-electron chi connectivity index (χ4n) is 2.42. The van der Waals surface area contributed by atoms with Crippen molar-refractivity contribution in [3.8, 4) is 11.8 Å². The van der Waals surface area contributed by atoms with Crippen molar-refractivity contribution in [3.05, 3.63) is 78.4 Å². The minimum atomic E-state index is -3.66. The van der Waals surface area contributed by atoms with Gasteiger partial charge in [0.25, 0.3) is 0 Å². The van der Waals surface area contributed by atoms with Crippen LogP contribution in [0.1, 0.15) is 24.1 Å². The van der Waals surface area contributed by atoms with Crippen LogP contribution in [0.2, 0.25) is 0 Å². The molecule has 0 unspecified atom stereocenters. The highest BCUT2D eigenvalue weighted by atomic mass is 32.2. The molecule has 0 spiro atoms. The average Bonchev–Trinajstić information content (AvgIpc) is 3.16. The van der Waals surface area contributed by atoms with Crippen LogP contribution < -0.4 is 4.72 Å². The first kappa shape index (κ1) is 16.9. The maximum absolute atomic E-state index is 12.5. The van der Waals surface area contributed by atoms with Gasteiger partial charge in [-0.1, -0.05) is 12.1 Å². The van der Waals surface area contributed by atoms with E-state index in [-0.39, 0.29) is 4.90 Å². The van der Waals surface area contributed by atoms with E-state index in [0.29, 0.717) is 5.56 Å². The topological polar surface area (TPSA) is 87.8 Å². The van der Waals surface area contributed by atoms with E-state index in [0.717, 1.165) is 11.3 Å². The van der Waals surface area contributed by atoms with Crippen LogP contribution in [0.15, 0.2) is 72.1 Å². The molecule has 0 bridgehead atoms. The van der Waals surface area contributed by atoms with Gasteiger partial charge in [0.15, 0.2) is 0 Å². The van der Waals surface area contributed by atoms with Gasteiger partial charge in [-0.05, 0) is 48.9 Å². The van der Waals surface area contributed by atoms with Crippen LogP contribution in [0, 0.1) is 11.3 Å². The van der Waals surface area contributed by atoms with Crippen molar-refractivity contribution in [3.63, 3.8) is 0 Å². The lowest BCUT2D eigenvalue weighted by Crippen LogP contribution is -2.26. The Morgan fingerprint density at radius 3 is 2.36 bits per heavy atom. The smallest absolute Gasteiger partial charge is 0.241 e. The summed E-state index contributed by atoms with van der Waals surface area (Å²) in [6.45, 7) is 1.79. The predicted molar refractivity (Wildman–Crippen MR) is 93.5 cm³/mol. The van der Waals surface area contributed by atoms with Gasteiger partial charge >= 0.3 is 0 Å². The average molecular weight is 352 g/mol. The summed E-state index contributed by atoms with van der Waals surface area (Å²) in [6.07, 6.45) is 5.24. The summed E-state index contributed by atoms with van der Waals surface area (Å²) in [5.74, 6) is 0. The lowest BCUT2D eigenvalue weighted by atomic mass is 10.1. The second-order valence-corrected chi connectivity index (χ2v) is 7.25. The molecule has 0 amide bonds. The second kappa shape index (κ2) is 6.89. The molecule has 0 aliphatic rings. The number of nitrogens with zero attached hydrogens (tertiary/aromatic N) is 3. The minimum Gasteiger partial charge on any atom is -0.306 e. The monoisotopic (exact) mass is 352 g/mol. The first-order valence-electron chi connectivity index (χ1n) is 7.60. The summed E-state index contributed by atoms with van der Waals surface area (Å²) < 4.78 is 29.4. The van der Waals surface area contributed by atoms with Crippen molar-refractivity contribution < 1.29 is 8.42 Å². The van der Waals surface area contributed by atoms with Crippen LogP contribution in [0.4, 0.5) is 0 Å². The molecule has 126 valence electrons. The molecule has 25 heavy (non-hydrogen) atoms. The third kappa shape index (κ3) is 3.76. The Morgan fingerprint density at radius 2 is 1.80 bits per heavy atom. The van der Waals surface area contributed by atoms with E-state index in [1.807, 2.05) is 41.1 Å². The number of nitriles is 1. The quantitative estimate of drug-likeness (QED) is 0.765. The number of hydrogen-bond acceptors (Lipinski definition) is 4. The van der Waals surface area contributed by atoms with Crippen LogP contribution in [-0.2, 0) is 10.0 Å². The number of nitrogens with one attached hydrogen (secondary N) is 1. The third-order valence-corrected chi connectivity index (χ3v) is 5.38. The van der Waals surface area contributed by atoms with E-state index in [1.54, 1.807) is 19.4 Å². The summed E-state index contributed by atoms with van der Waals surface area (Å²) in [5, 5.41) is 8.80. The Labute approximate surface area is 146 Å². The fraction of sp³-hybridized carbons (Fsp3) is 0.111. The Hall–Kier alpha value is -2.95. The number of hydrogen-bond donors (Lipinski definition) is 1. The highest BCUT2D eigenvalue weighted by Crippen LogP contribution is 2.19. The number of aromatic nitrogens is 2. The van der Waals surface area contributed by atoms with E-state index in [4.69, 9.17) is 5.26 Å². The minimum absolute atomic E-state index is 0.133. The van der Waals surface area contributed by atoms with E-state index < -0.39 is 16.1 Å². The Balaban J connectivity index is 1.76. The van der Waals surface area contributed by atoms with Crippen LogP contribution >= 0.6 is 0 Å². The number of rotatable bonds is 5. The molecule has 1 aromatic heterocycles. The zero-order valence-corrected chi connectivity index (χ0v) is 14.3. The van der Waals surface area contributed by atoms with Crippen molar-refractivity contribution in [2.45, 2.75) is 17.9 Å². The molecular formula is C18H16N4O2S. The molecule has 1 atom stereocenters. The second-order valence-electron chi connectivity index (χ2n) is 5.54. The summed E-state index contributed by atoms with van der Waals surface area (Å²) in [7, 11) is -3.66. The van der Waals surface area contributed by atoms with Gasteiger partial charge in [0.2, 0.25) is 10.0 Å². The molecule has 7 heteroatoms. The summed E-state index contributed by atoms with van der Waals surface area (Å²) in [4.78, 5) is 4.13. The van der Waals surface area contributed by atoms with Gasteiger partial charge < -0.3 is 4.57 Å². The summed E-state index contributed by atoms with van der Waals surface area (Å²) in [5.41, 5.74) is 2.21. The van der Waals surface area contributed by atoms with Gasteiger partial charge in [0.05, 0.1) is 22.9 Å². The molecule has 2 aromatic carbocycles. The fourth-order valence-corrected chi connectivity index (χ4v) is 3.66. The first-order chi connectivity index (χ1) is 12.0. The van der Waals surface area contributed by atoms with Gasteiger partial charge in [-0.2, -0.15) is 5.26 Å². The molecule has 1 heterocycles. The zero-order chi connectivity index (χ0) is 17.9. The van der Waals surface area contributed by atoms with Crippen molar-refractivity contribution in [2.75, 3.05) is 0 Å². The molecule has 0 radical (unpaired) electrons. The SMILES string of the molecule is C[C@@H](NS(=O)(=O)c1ccc(C#N)cc1)c1ccc(-n2ccnc2)cc1. The van der Waals surface area contributed by atoms with Crippen LogP contribution in [0.25, 0.3) is 5.69 Å². The van der Waals surface area contributed by atoms with E-state index in [9.17, 15) is 8.42 Å². The van der Waals surface area contributed by atoms with Gasteiger partial charge in [0.1, 0.15) is 0 Å². The molecule has 0 aliphatic carbocycles. The van der Waals surface area contributed by atoms with Crippen molar-refractivity contribution in [2.24, 2.45) is 0 Å². The molecule has 0 fully saturated rings. The predicted octanol–water partition coefficient (Wildman–Crippen LogP) is 2.78. The molecule has 0 saturated carbocycles. The van der Waals surface area contributed by atoms with E-state index >= 15 is 0 Å². The Bertz CT molecular complexity index is 987. The Kier molecular flexibility index (Phi) is 4.65. The highest BCUT2D eigenvalue weighted by Gasteiger charge is 2.18. The molecular weight excluding hydrogens is 336 g/mol. The standard InChI is InChI=1S/C18H16N4O2S/c1-14(16-4-6-17(7-5-16)22-11-10-20-13-22)21-25(23,24)18-8-2-15(12-19)3-9-18/h2-11,13-14,21H,1H3/t14-/m1/s1. The first-order valence-corrected chi connectivity index (χ1v) is 9.09. The van der Waals surface area contributed by atoms with Crippen LogP contribution in [0.5, 0.6) is 0 Å². The molecule has 0 aliphatic heterocycles. The zero-order valence-electron chi connectivity index (χ0n) is 13.5. The number of sulfonamides is 1. The largest absolute Gasteiger partial charge is 0.306 e. The lowest BCUT2D eigenvalue weighted by molar-refractivity contribution is 0.567. The highest BCUT2D eigenvalue weighted by molar-refractivity contribution is 7.89. The Morgan fingerprint density at radius 1 is 1.12 bits per heavy atom. The van der Waals surface area contributed by atoms with E-state index in [2.05, 4.69) is 9.71 Å². The molecule has 3 aromatic rings. The van der Waals surface area contributed by atoms with Gasteiger partial charge in [-0.3, -0.25) is 0 Å². The molecule has 3 rings (SSSR count). The van der Waals surface area contributed by atoms with Gasteiger partial charge in [-0.25, -0.2) is 18.1 Å². The molecule has 0 saturated heterocycles. The summed E-state index contributed by atoms with van der Waals surface area (Å²) >= 11 is 0. The third-order valence-electron chi connectivity index (χ3n) is 3.82. The molecule has 6 nitrogen and oxygen atoms in total. The van der Waals surface area contributed by atoms with Crippen molar-refractivity contribution in [1.29, 1.82) is 5.26 Å². The van der Waals surface area contributed by atoms with Crippen molar-refractivity contribution in [1.82, 2.24) is 14.3 Å². The molecule has 1 N–H and O–H groups in total. The van der Waals surface area contributed by atoms with E-state index in [1.165, 1.54) is 24.3 Å². The van der Waals surface area contributed by atoms with Gasteiger partial charge in [-0.15, -0.1) is 0 Å². The summed E-state index contributed by atoms with van der Waals surface area (Å²) in [6, 6.07) is 15.0. The van der Waals surface area contributed by atoms with Gasteiger partial charge in [0, 0.05) is 24.1 Å². The van der Waals surface area contributed by atoms with Crippen LogP contribution in [-0.4, -0.2) is 18.0 Å². The lowest BCUT2D eigenvalue weighted by Gasteiger charge is -2.15.